The molecule has 1 amide bonds. The maximum Gasteiger partial charge on any atom is 0.255 e. The van der Waals surface area contributed by atoms with Crippen LogP contribution < -0.4 is 11.1 Å². The average molecular weight is 339 g/mol. The number of hydrogen-bond acceptors (Lipinski definition) is 2. The molecule has 0 fully saturated rings. The van der Waals surface area contributed by atoms with E-state index >= 15 is 0 Å². The highest BCUT2D eigenvalue weighted by atomic mass is 35.5. The predicted octanol–water partition coefficient (Wildman–Crippen LogP) is 4.19. The monoisotopic (exact) mass is 338 g/mol. The third-order valence-corrected chi connectivity index (χ3v) is 3.79. The largest absolute Gasteiger partial charge is 0.389 e. The number of carbonyl (C=O) groups excluding carboxylic acids is 1. The number of thiocarbonyl (C=S) groups is 1. The molecule has 0 aromatic heterocycles. The number of carbonyl (C=O) groups is 1. The lowest BCUT2D eigenvalue weighted by Crippen LogP contribution is -2.17. The molecule has 2 aromatic rings. The van der Waals surface area contributed by atoms with E-state index in [2.05, 4.69) is 5.32 Å². The first kappa shape index (κ1) is 15.8. The van der Waals surface area contributed by atoms with E-state index in [1.54, 1.807) is 36.4 Å². The zero-order valence-electron chi connectivity index (χ0n) is 11.1. The van der Waals surface area contributed by atoms with Gasteiger partial charge in [-0.3, -0.25) is 4.79 Å². The molecule has 0 spiro atoms. The molecule has 3 N–H and O–H groups in total. The number of aryl methyl sites for hydroxylation is 1. The Morgan fingerprint density at radius 2 is 1.90 bits per heavy atom. The van der Waals surface area contributed by atoms with Crippen LogP contribution in [0, 0.1) is 6.92 Å². The van der Waals surface area contributed by atoms with Crippen LogP contribution in [0.15, 0.2) is 36.4 Å². The lowest BCUT2D eigenvalue weighted by Gasteiger charge is -2.11. The fourth-order valence-corrected chi connectivity index (χ4v) is 2.28. The smallest absolute Gasteiger partial charge is 0.255 e. The molecule has 0 aliphatic rings. The standard InChI is InChI=1S/C15H12Cl2N2OS/c1-8-6-9(2-5-12(8)17)15(20)19-13-7-10(16)3-4-11(13)14(18)21/h2-7H,1H3,(H2,18,21)(H,19,20). The number of rotatable bonds is 3. The Kier molecular flexibility index (Phi) is 4.83. The van der Waals surface area contributed by atoms with E-state index in [0.717, 1.165) is 5.56 Å². The quantitative estimate of drug-likeness (QED) is 0.825. The summed E-state index contributed by atoms with van der Waals surface area (Å²) in [6.45, 7) is 1.83. The Hall–Kier alpha value is -1.62. The molecule has 0 aliphatic carbocycles. The summed E-state index contributed by atoms with van der Waals surface area (Å²) in [5, 5.41) is 3.85. The predicted molar refractivity (Wildman–Crippen MR) is 91.5 cm³/mol. The minimum atomic E-state index is -0.283. The van der Waals surface area contributed by atoms with E-state index < -0.39 is 0 Å². The Labute approximate surface area is 138 Å². The van der Waals surface area contributed by atoms with Crippen molar-refractivity contribution < 1.29 is 4.79 Å². The van der Waals surface area contributed by atoms with Gasteiger partial charge < -0.3 is 11.1 Å². The summed E-state index contributed by atoms with van der Waals surface area (Å²) >= 11 is 16.9. The fraction of sp³-hybridized carbons (Fsp3) is 0.0667. The number of benzene rings is 2. The number of anilines is 1. The second kappa shape index (κ2) is 6.43. The minimum absolute atomic E-state index is 0.189. The van der Waals surface area contributed by atoms with E-state index in [1.807, 2.05) is 6.92 Å². The molecule has 0 aliphatic heterocycles. The van der Waals surface area contributed by atoms with Gasteiger partial charge in [0, 0.05) is 21.2 Å². The van der Waals surface area contributed by atoms with Crippen LogP contribution in [0.5, 0.6) is 0 Å². The molecule has 0 heterocycles. The summed E-state index contributed by atoms with van der Waals surface area (Å²) in [7, 11) is 0. The molecule has 0 saturated carbocycles. The Bertz CT molecular complexity index is 732. The number of nitrogens with two attached hydrogens (primary N) is 1. The van der Waals surface area contributed by atoms with Gasteiger partial charge in [0.1, 0.15) is 4.99 Å². The molecule has 0 saturated heterocycles. The molecular formula is C15H12Cl2N2OS. The second-order valence-electron chi connectivity index (χ2n) is 4.47. The van der Waals surface area contributed by atoms with Crippen molar-refractivity contribution in [2.75, 3.05) is 5.32 Å². The van der Waals surface area contributed by atoms with Gasteiger partial charge >= 0.3 is 0 Å². The molecule has 2 rings (SSSR count). The molecule has 6 heteroatoms. The fourth-order valence-electron chi connectivity index (χ4n) is 1.82. The summed E-state index contributed by atoms with van der Waals surface area (Å²) in [6, 6.07) is 9.98. The molecular weight excluding hydrogens is 327 g/mol. The van der Waals surface area contributed by atoms with Crippen molar-refractivity contribution in [1.82, 2.24) is 0 Å². The van der Waals surface area contributed by atoms with Crippen molar-refractivity contribution in [1.29, 1.82) is 0 Å². The van der Waals surface area contributed by atoms with Crippen LogP contribution in [0.2, 0.25) is 10.0 Å². The molecule has 0 unspecified atom stereocenters. The van der Waals surface area contributed by atoms with Crippen molar-refractivity contribution in [3.05, 3.63) is 63.1 Å². The van der Waals surface area contributed by atoms with Crippen LogP contribution in [0.25, 0.3) is 0 Å². The molecule has 3 nitrogen and oxygen atoms in total. The second-order valence-corrected chi connectivity index (χ2v) is 5.76. The molecule has 2 aromatic carbocycles. The van der Waals surface area contributed by atoms with E-state index in [0.29, 0.717) is 26.9 Å². The van der Waals surface area contributed by atoms with Gasteiger partial charge in [0.25, 0.3) is 5.91 Å². The van der Waals surface area contributed by atoms with Gasteiger partial charge in [0.05, 0.1) is 5.69 Å². The number of halogens is 2. The third-order valence-electron chi connectivity index (χ3n) is 2.92. The van der Waals surface area contributed by atoms with E-state index in [1.165, 1.54) is 0 Å². The highest BCUT2D eigenvalue weighted by molar-refractivity contribution is 7.80. The van der Waals surface area contributed by atoms with Gasteiger partial charge in [-0.1, -0.05) is 35.4 Å². The third kappa shape index (κ3) is 3.73. The van der Waals surface area contributed by atoms with E-state index in [9.17, 15) is 4.79 Å². The van der Waals surface area contributed by atoms with Crippen molar-refractivity contribution in [2.45, 2.75) is 6.92 Å². The molecule has 21 heavy (non-hydrogen) atoms. The molecule has 0 radical (unpaired) electrons. The van der Waals surface area contributed by atoms with Crippen molar-refractivity contribution in [2.24, 2.45) is 5.73 Å². The number of hydrogen-bond donors (Lipinski definition) is 2. The summed E-state index contributed by atoms with van der Waals surface area (Å²) in [4.78, 5) is 12.5. The highest BCUT2D eigenvalue weighted by Crippen LogP contribution is 2.23. The normalized spacial score (nSPS) is 10.2. The first-order chi connectivity index (χ1) is 9.88. The first-order valence-corrected chi connectivity index (χ1v) is 7.22. The van der Waals surface area contributed by atoms with Crippen LogP contribution in [0.3, 0.4) is 0 Å². The Morgan fingerprint density at radius 3 is 2.52 bits per heavy atom. The lowest BCUT2D eigenvalue weighted by atomic mass is 10.1. The van der Waals surface area contributed by atoms with Crippen LogP contribution in [0.4, 0.5) is 5.69 Å². The summed E-state index contributed by atoms with van der Waals surface area (Å²) in [5.74, 6) is -0.283. The lowest BCUT2D eigenvalue weighted by molar-refractivity contribution is 0.102. The van der Waals surface area contributed by atoms with Crippen LogP contribution >= 0.6 is 35.4 Å². The van der Waals surface area contributed by atoms with Crippen LogP contribution in [-0.2, 0) is 0 Å². The van der Waals surface area contributed by atoms with Gasteiger partial charge in [0.2, 0.25) is 0 Å². The van der Waals surface area contributed by atoms with Gasteiger partial charge in [-0.2, -0.15) is 0 Å². The zero-order chi connectivity index (χ0) is 15.6. The van der Waals surface area contributed by atoms with E-state index in [4.69, 9.17) is 41.2 Å². The number of nitrogens with one attached hydrogen (secondary N) is 1. The SMILES string of the molecule is Cc1cc(C(=O)Nc2cc(Cl)ccc2C(N)=S)ccc1Cl. The molecule has 0 bridgehead atoms. The zero-order valence-corrected chi connectivity index (χ0v) is 13.4. The Morgan fingerprint density at radius 1 is 1.19 bits per heavy atom. The van der Waals surface area contributed by atoms with E-state index in [-0.39, 0.29) is 10.9 Å². The van der Waals surface area contributed by atoms with Gasteiger partial charge in [-0.05, 0) is 48.9 Å². The summed E-state index contributed by atoms with van der Waals surface area (Å²) < 4.78 is 0. The van der Waals surface area contributed by atoms with Gasteiger partial charge in [-0.15, -0.1) is 0 Å². The highest BCUT2D eigenvalue weighted by Gasteiger charge is 2.12. The average Bonchev–Trinajstić information content (AvgIpc) is 2.41. The topological polar surface area (TPSA) is 55.1 Å². The summed E-state index contributed by atoms with van der Waals surface area (Å²) in [5.41, 5.74) is 8.00. The molecule has 108 valence electrons. The van der Waals surface area contributed by atoms with Crippen molar-refractivity contribution in [3.8, 4) is 0 Å². The maximum absolute atomic E-state index is 12.3. The first-order valence-electron chi connectivity index (χ1n) is 6.05. The van der Waals surface area contributed by atoms with Gasteiger partial charge in [0.15, 0.2) is 0 Å². The number of amides is 1. The van der Waals surface area contributed by atoms with Crippen molar-refractivity contribution in [3.63, 3.8) is 0 Å². The Balaban J connectivity index is 2.33. The minimum Gasteiger partial charge on any atom is -0.389 e. The van der Waals surface area contributed by atoms with Crippen LogP contribution in [0.1, 0.15) is 21.5 Å². The molecule has 0 atom stereocenters. The van der Waals surface area contributed by atoms with Crippen molar-refractivity contribution >= 4 is 52.0 Å². The summed E-state index contributed by atoms with van der Waals surface area (Å²) in [6.07, 6.45) is 0. The van der Waals surface area contributed by atoms with Gasteiger partial charge in [-0.25, -0.2) is 0 Å². The maximum atomic E-state index is 12.3. The van der Waals surface area contributed by atoms with Crippen LogP contribution in [-0.4, -0.2) is 10.9 Å².